The average molecular weight is 520 g/mol. The molecule has 30 heavy (non-hydrogen) atoms. The summed E-state index contributed by atoms with van der Waals surface area (Å²) in [5.41, 5.74) is 1.76. The van der Waals surface area contributed by atoms with Crippen molar-refractivity contribution < 1.29 is 13.9 Å². The summed E-state index contributed by atoms with van der Waals surface area (Å²) in [6.07, 6.45) is 1.47. The first kappa shape index (κ1) is 23.3. The molecule has 3 rings (SSSR count). The van der Waals surface area contributed by atoms with E-state index in [-0.39, 0.29) is 35.6 Å². The van der Waals surface area contributed by atoms with E-state index in [2.05, 4.69) is 20.9 Å². The van der Waals surface area contributed by atoms with E-state index < -0.39 is 0 Å². The average Bonchev–Trinajstić information content (AvgIpc) is 3.30. The van der Waals surface area contributed by atoms with E-state index in [1.54, 1.807) is 19.2 Å². The van der Waals surface area contributed by atoms with Gasteiger partial charge in [-0.2, -0.15) is 0 Å². The standard InChI is InChI=1S/C22H24N4O3.HI/c1-23-22(24-13-15-28-19-6-3-2-4-7-19)25-16-17-9-11-18(12-10-17)26-21(27)20-8-5-14-29-20;/h2-12,14H,13,15-16H2,1H3,(H,26,27)(H2,23,24,25);1H. The van der Waals surface area contributed by atoms with Crippen molar-refractivity contribution >= 4 is 41.5 Å². The molecule has 0 unspecified atom stereocenters. The highest BCUT2D eigenvalue weighted by Gasteiger charge is 2.08. The van der Waals surface area contributed by atoms with E-state index in [9.17, 15) is 4.79 Å². The lowest BCUT2D eigenvalue weighted by atomic mass is 10.2. The minimum Gasteiger partial charge on any atom is -0.492 e. The predicted molar refractivity (Wildman–Crippen MR) is 129 cm³/mol. The number of ether oxygens (including phenoxy) is 1. The van der Waals surface area contributed by atoms with Gasteiger partial charge in [-0.3, -0.25) is 9.79 Å². The van der Waals surface area contributed by atoms with Crippen molar-refractivity contribution in [2.24, 2.45) is 4.99 Å². The maximum atomic E-state index is 12.0. The van der Waals surface area contributed by atoms with Crippen molar-refractivity contribution in [3.05, 3.63) is 84.3 Å². The van der Waals surface area contributed by atoms with Gasteiger partial charge in [0.25, 0.3) is 5.91 Å². The Morgan fingerprint density at radius 3 is 2.43 bits per heavy atom. The number of guanidine groups is 1. The molecule has 1 heterocycles. The number of amides is 1. The lowest BCUT2D eigenvalue weighted by molar-refractivity contribution is 0.0996. The summed E-state index contributed by atoms with van der Waals surface area (Å²) in [7, 11) is 1.72. The van der Waals surface area contributed by atoms with Crippen LogP contribution in [0.25, 0.3) is 0 Å². The largest absolute Gasteiger partial charge is 0.492 e. The highest BCUT2D eigenvalue weighted by atomic mass is 127. The lowest BCUT2D eigenvalue weighted by Gasteiger charge is -2.13. The number of anilines is 1. The summed E-state index contributed by atoms with van der Waals surface area (Å²) >= 11 is 0. The third-order valence-corrected chi connectivity index (χ3v) is 4.05. The quantitative estimate of drug-likeness (QED) is 0.182. The summed E-state index contributed by atoms with van der Waals surface area (Å²) in [4.78, 5) is 16.2. The number of para-hydroxylation sites is 1. The zero-order valence-electron chi connectivity index (χ0n) is 16.6. The molecule has 0 aliphatic heterocycles. The zero-order valence-corrected chi connectivity index (χ0v) is 19.0. The van der Waals surface area contributed by atoms with E-state index in [0.717, 1.165) is 11.3 Å². The predicted octanol–water partition coefficient (Wildman–Crippen LogP) is 3.89. The Labute approximate surface area is 192 Å². The zero-order chi connectivity index (χ0) is 20.3. The van der Waals surface area contributed by atoms with Crippen LogP contribution in [0.1, 0.15) is 16.1 Å². The van der Waals surface area contributed by atoms with Gasteiger partial charge in [0.05, 0.1) is 12.8 Å². The SMILES string of the molecule is CN=C(NCCOc1ccccc1)NCc1ccc(NC(=O)c2ccco2)cc1.I. The number of carbonyl (C=O) groups is 1. The number of hydrogen-bond donors (Lipinski definition) is 3. The van der Waals surface area contributed by atoms with Crippen molar-refractivity contribution in [3.8, 4) is 5.75 Å². The van der Waals surface area contributed by atoms with Crippen LogP contribution in [-0.4, -0.2) is 32.1 Å². The van der Waals surface area contributed by atoms with Gasteiger partial charge in [-0.25, -0.2) is 0 Å². The number of furan rings is 1. The first-order chi connectivity index (χ1) is 14.2. The van der Waals surface area contributed by atoms with Crippen molar-refractivity contribution in [1.82, 2.24) is 10.6 Å². The third-order valence-electron chi connectivity index (χ3n) is 4.05. The number of aliphatic imine (C=N–C) groups is 1. The summed E-state index contributed by atoms with van der Waals surface area (Å²) in [5, 5.41) is 9.25. The van der Waals surface area contributed by atoms with Gasteiger partial charge in [0, 0.05) is 19.3 Å². The molecule has 0 fully saturated rings. The lowest BCUT2D eigenvalue weighted by Crippen LogP contribution is -2.38. The van der Waals surface area contributed by atoms with Crippen molar-refractivity contribution in [2.75, 3.05) is 25.5 Å². The van der Waals surface area contributed by atoms with E-state index in [0.29, 0.717) is 31.3 Å². The Kier molecular flexibility index (Phi) is 9.72. The van der Waals surface area contributed by atoms with Crippen LogP contribution in [0.15, 0.2) is 82.4 Å². The monoisotopic (exact) mass is 520 g/mol. The molecule has 1 aromatic heterocycles. The molecule has 8 heteroatoms. The summed E-state index contributed by atoms with van der Waals surface area (Å²) in [6.45, 7) is 1.77. The van der Waals surface area contributed by atoms with Crippen LogP contribution >= 0.6 is 24.0 Å². The Bertz CT molecular complexity index is 913. The fourth-order valence-corrected chi connectivity index (χ4v) is 2.57. The van der Waals surface area contributed by atoms with Crippen molar-refractivity contribution in [3.63, 3.8) is 0 Å². The van der Waals surface area contributed by atoms with Crippen LogP contribution in [0.4, 0.5) is 5.69 Å². The number of halogens is 1. The van der Waals surface area contributed by atoms with Gasteiger partial charge in [0.2, 0.25) is 0 Å². The molecule has 0 radical (unpaired) electrons. The molecular formula is C22H25IN4O3. The molecule has 0 aliphatic rings. The minimum atomic E-state index is -0.275. The van der Waals surface area contributed by atoms with Crippen LogP contribution in [-0.2, 0) is 6.54 Å². The van der Waals surface area contributed by atoms with Gasteiger partial charge in [-0.15, -0.1) is 24.0 Å². The Morgan fingerprint density at radius 2 is 1.77 bits per heavy atom. The number of hydrogen-bond acceptors (Lipinski definition) is 4. The van der Waals surface area contributed by atoms with Crippen molar-refractivity contribution in [2.45, 2.75) is 6.54 Å². The Morgan fingerprint density at radius 1 is 1.00 bits per heavy atom. The molecule has 2 aromatic carbocycles. The van der Waals surface area contributed by atoms with Crippen molar-refractivity contribution in [1.29, 1.82) is 0 Å². The number of nitrogens with zero attached hydrogens (tertiary/aromatic N) is 1. The molecule has 0 bridgehead atoms. The first-order valence-corrected chi connectivity index (χ1v) is 9.31. The van der Waals surface area contributed by atoms with Gasteiger partial charge >= 0.3 is 0 Å². The van der Waals surface area contributed by atoms with Gasteiger partial charge in [-0.1, -0.05) is 30.3 Å². The highest BCUT2D eigenvalue weighted by Crippen LogP contribution is 2.12. The van der Waals surface area contributed by atoms with Crippen LogP contribution in [0.2, 0.25) is 0 Å². The van der Waals surface area contributed by atoms with Gasteiger partial charge in [0.15, 0.2) is 11.7 Å². The molecule has 0 saturated carbocycles. The van der Waals surface area contributed by atoms with Gasteiger partial charge in [-0.05, 0) is 42.0 Å². The second kappa shape index (κ2) is 12.5. The second-order valence-corrected chi connectivity index (χ2v) is 6.14. The van der Waals surface area contributed by atoms with E-state index in [1.807, 2.05) is 54.6 Å². The first-order valence-electron chi connectivity index (χ1n) is 9.31. The van der Waals surface area contributed by atoms with Crippen LogP contribution in [0.5, 0.6) is 5.75 Å². The molecule has 1 amide bonds. The second-order valence-electron chi connectivity index (χ2n) is 6.14. The van der Waals surface area contributed by atoms with Crippen LogP contribution in [0.3, 0.4) is 0 Å². The highest BCUT2D eigenvalue weighted by molar-refractivity contribution is 14.0. The molecule has 3 N–H and O–H groups in total. The molecule has 7 nitrogen and oxygen atoms in total. The molecule has 0 atom stereocenters. The Balaban J connectivity index is 0.00000320. The molecule has 0 spiro atoms. The molecule has 0 aliphatic carbocycles. The van der Waals surface area contributed by atoms with E-state index in [1.165, 1.54) is 6.26 Å². The smallest absolute Gasteiger partial charge is 0.291 e. The fourth-order valence-electron chi connectivity index (χ4n) is 2.57. The summed E-state index contributed by atoms with van der Waals surface area (Å²) in [5.74, 6) is 1.54. The maximum Gasteiger partial charge on any atom is 0.291 e. The maximum absolute atomic E-state index is 12.0. The topological polar surface area (TPSA) is 87.9 Å². The van der Waals surface area contributed by atoms with E-state index in [4.69, 9.17) is 9.15 Å². The summed E-state index contributed by atoms with van der Waals surface area (Å²) in [6, 6.07) is 20.6. The number of nitrogens with one attached hydrogen (secondary N) is 3. The van der Waals surface area contributed by atoms with E-state index >= 15 is 0 Å². The minimum absolute atomic E-state index is 0. The van der Waals surface area contributed by atoms with Crippen LogP contribution in [0, 0.1) is 0 Å². The molecular weight excluding hydrogens is 495 g/mol. The molecule has 0 saturated heterocycles. The number of rotatable bonds is 8. The third kappa shape index (κ3) is 7.43. The van der Waals surface area contributed by atoms with Gasteiger partial charge in [0.1, 0.15) is 12.4 Å². The summed E-state index contributed by atoms with van der Waals surface area (Å²) < 4.78 is 10.7. The van der Waals surface area contributed by atoms with Crippen LogP contribution < -0.4 is 20.7 Å². The molecule has 3 aromatic rings. The normalized spacial score (nSPS) is 10.6. The number of carbonyl (C=O) groups excluding carboxylic acids is 1. The Hall–Kier alpha value is -3.01. The van der Waals surface area contributed by atoms with Gasteiger partial charge < -0.3 is 25.1 Å². The molecule has 158 valence electrons. The fraction of sp³-hybridized carbons (Fsp3) is 0.182. The number of benzene rings is 2.